The average molecular weight is 540 g/mol. The highest BCUT2D eigenvalue weighted by Crippen LogP contribution is 2.40. The van der Waals surface area contributed by atoms with E-state index in [1.54, 1.807) is 11.3 Å². The monoisotopic (exact) mass is 539 g/mol. The van der Waals surface area contributed by atoms with Gasteiger partial charge < -0.3 is 4.42 Å². The molecule has 0 unspecified atom stereocenters. The van der Waals surface area contributed by atoms with Crippen molar-refractivity contribution in [1.29, 1.82) is 0 Å². The number of furan rings is 1. The van der Waals surface area contributed by atoms with Crippen LogP contribution < -0.4 is 0 Å². The summed E-state index contributed by atoms with van der Waals surface area (Å²) in [5.41, 5.74) is 4.22. The van der Waals surface area contributed by atoms with Crippen molar-refractivity contribution < 1.29 is 4.42 Å². The number of hydrogen-bond acceptors (Lipinski definition) is 5. The highest BCUT2D eigenvalue weighted by Gasteiger charge is 2.19. The standard InChI is InChI=1S/C33H18ClN3OS/c34-20-16-17-27-26(18-20)22-11-6-13-24(29(22)38-27)32-35-31(19-8-2-1-3-9-19)36-33(37-32)25-14-7-12-23-21-10-4-5-15-28(21)39-30(23)25/h1-18H. The summed E-state index contributed by atoms with van der Waals surface area (Å²) in [6, 6.07) is 36.6. The number of halogens is 1. The maximum atomic E-state index is 6.34. The first-order chi connectivity index (χ1) is 19.2. The van der Waals surface area contributed by atoms with Crippen LogP contribution in [0.4, 0.5) is 0 Å². The van der Waals surface area contributed by atoms with E-state index in [0.29, 0.717) is 22.5 Å². The zero-order chi connectivity index (χ0) is 25.9. The Morgan fingerprint density at radius 3 is 2.13 bits per heavy atom. The molecule has 0 N–H and O–H groups in total. The predicted octanol–water partition coefficient (Wildman–Crippen LogP) is 9.79. The van der Waals surface area contributed by atoms with E-state index in [0.717, 1.165) is 43.3 Å². The summed E-state index contributed by atoms with van der Waals surface area (Å²) in [5, 5.41) is 5.04. The molecule has 0 aliphatic heterocycles. The maximum Gasteiger partial charge on any atom is 0.167 e. The molecular weight excluding hydrogens is 522 g/mol. The van der Waals surface area contributed by atoms with Crippen molar-refractivity contribution in [2.45, 2.75) is 0 Å². The predicted molar refractivity (Wildman–Crippen MR) is 161 cm³/mol. The van der Waals surface area contributed by atoms with E-state index >= 15 is 0 Å². The van der Waals surface area contributed by atoms with E-state index < -0.39 is 0 Å². The van der Waals surface area contributed by atoms with Crippen LogP contribution in [0.15, 0.2) is 114 Å². The third-order valence-electron chi connectivity index (χ3n) is 7.01. The van der Waals surface area contributed by atoms with Gasteiger partial charge in [-0.25, -0.2) is 15.0 Å². The molecule has 0 aliphatic rings. The van der Waals surface area contributed by atoms with Crippen LogP contribution in [0.2, 0.25) is 5.02 Å². The Morgan fingerprint density at radius 2 is 1.26 bits per heavy atom. The minimum absolute atomic E-state index is 0.563. The first-order valence-electron chi connectivity index (χ1n) is 12.6. The van der Waals surface area contributed by atoms with Crippen LogP contribution >= 0.6 is 22.9 Å². The number of para-hydroxylation sites is 1. The second-order valence-electron chi connectivity index (χ2n) is 9.38. The summed E-state index contributed by atoms with van der Waals surface area (Å²) in [7, 11) is 0. The Bertz CT molecular complexity index is 2200. The van der Waals surface area contributed by atoms with Gasteiger partial charge in [0.2, 0.25) is 0 Å². The zero-order valence-electron chi connectivity index (χ0n) is 20.4. The summed E-state index contributed by atoms with van der Waals surface area (Å²) < 4.78 is 8.74. The fraction of sp³-hybridized carbons (Fsp3) is 0. The summed E-state index contributed by atoms with van der Waals surface area (Å²) in [5.74, 6) is 1.81. The lowest BCUT2D eigenvalue weighted by Crippen LogP contribution is -2.00. The van der Waals surface area contributed by atoms with E-state index in [1.807, 2.05) is 66.7 Å². The fourth-order valence-corrected chi connectivity index (χ4v) is 6.59. The van der Waals surface area contributed by atoms with Gasteiger partial charge in [-0.3, -0.25) is 0 Å². The Balaban J connectivity index is 1.42. The quantitative estimate of drug-likeness (QED) is 0.224. The molecule has 4 nitrogen and oxygen atoms in total. The van der Waals surface area contributed by atoms with Gasteiger partial charge in [-0.2, -0.15) is 0 Å². The van der Waals surface area contributed by atoms with Gasteiger partial charge in [0.25, 0.3) is 0 Å². The Hall–Kier alpha value is -4.58. The molecule has 5 aromatic carbocycles. The van der Waals surface area contributed by atoms with E-state index in [1.165, 1.54) is 15.5 Å². The highest BCUT2D eigenvalue weighted by molar-refractivity contribution is 7.26. The minimum Gasteiger partial charge on any atom is -0.455 e. The van der Waals surface area contributed by atoms with Crippen LogP contribution in [0.3, 0.4) is 0 Å². The minimum atomic E-state index is 0.563. The Labute approximate surface area is 232 Å². The van der Waals surface area contributed by atoms with Crippen molar-refractivity contribution in [3.63, 3.8) is 0 Å². The van der Waals surface area contributed by atoms with Crippen LogP contribution in [0.5, 0.6) is 0 Å². The number of hydrogen-bond donors (Lipinski definition) is 0. The van der Waals surface area contributed by atoms with Gasteiger partial charge >= 0.3 is 0 Å². The second-order valence-corrected chi connectivity index (χ2v) is 10.9. The van der Waals surface area contributed by atoms with Gasteiger partial charge in [0, 0.05) is 47.1 Å². The smallest absolute Gasteiger partial charge is 0.167 e. The summed E-state index contributed by atoms with van der Waals surface area (Å²) >= 11 is 8.08. The third kappa shape index (κ3) is 3.62. The number of rotatable bonds is 3. The molecule has 0 radical (unpaired) electrons. The number of thiophene rings is 1. The first-order valence-corrected chi connectivity index (χ1v) is 13.8. The first kappa shape index (κ1) is 22.4. The van der Waals surface area contributed by atoms with Crippen LogP contribution in [0, 0.1) is 0 Å². The molecule has 3 heterocycles. The van der Waals surface area contributed by atoms with Crippen molar-refractivity contribution in [2.24, 2.45) is 0 Å². The molecule has 39 heavy (non-hydrogen) atoms. The average Bonchev–Trinajstić information content (AvgIpc) is 3.55. The molecule has 0 spiro atoms. The van der Waals surface area contributed by atoms with Crippen LogP contribution in [0.25, 0.3) is 76.3 Å². The van der Waals surface area contributed by atoms with Crippen LogP contribution in [-0.4, -0.2) is 15.0 Å². The molecule has 8 rings (SSSR count). The normalized spacial score (nSPS) is 11.7. The molecule has 184 valence electrons. The van der Waals surface area contributed by atoms with Crippen molar-refractivity contribution in [2.75, 3.05) is 0 Å². The number of nitrogens with zero attached hydrogens (tertiary/aromatic N) is 3. The summed E-state index contributed by atoms with van der Waals surface area (Å²) in [6.07, 6.45) is 0. The van der Waals surface area contributed by atoms with Gasteiger partial charge in [-0.15, -0.1) is 11.3 Å². The molecule has 0 atom stereocenters. The molecule has 6 heteroatoms. The van der Waals surface area contributed by atoms with Crippen molar-refractivity contribution >= 4 is 65.0 Å². The fourth-order valence-electron chi connectivity index (χ4n) is 5.20. The lowest BCUT2D eigenvalue weighted by Gasteiger charge is -2.09. The zero-order valence-corrected chi connectivity index (χ0v) is 22.0. The Morgan fingerprint density at radius 1 is 0.564 bits per heavy atom. The molecule has 3 aromatic heterocycles. The van der Waals surface area contributed by atoms with E-state index in [4.69, 9.17) is 31.0 Å². The second kappa shape index (κ2) is 8.73. The topological polar surface area (TPSA) is 51.8 Å². The van der Waals surface area contributed by atoms with Crippen LogP contribution in [-0.2, 0) is 0 Å². The van der Waals surface area contributed by atoms with Gasteiger partial charge in [-0.05, 0) is 36.4 Å². The van der Waals surface area contributed by atoms with Crippen molar-refractivity contribution in [3.05, 3.63) is 114 Å². The lowest BCUT2D eigenvalue weighted by atomic mass is 10.1. The molecule has 0 saturated carbocycles. The number of aromatic nitrogens is 3. The summed E-state index contributed by atoms with van der Waals surface area (Å²) in [6.45, 7) is 0. The number of benzene rings is 5. The molecule has 8 aromatic rings. The van der Waals surface area contributed by atoms with Crippen molar-refractivity contribution in [1.82, 2.24) is 15.0 Å². The van der Waals surface area contributed by atoms with Crippen LogP contribution in [0.1, 0.15) is 0 Å². The largest absolute Gasteiger partial charge is 0.455 e. The molecule has 0 bridgehead atoms. The van der Waals surface area contributed by atoms with E-state index in [-0.39, 0.29) is 0 Å². The number of fused-ring (bicyclic) bond motifs is 6. The van der Waals surface area contributed by atoms with Crippen molar-refractivity contribution in [3.8, 4) is 34.2 Å². The molecule has 0 amide bonds. The molecule has 0 fully saturated rings. The SMILES string of the molecule is Clc1ccc2oc3c(-c4nc(-c5ccccc5)nc(-c5cccc6c5sc5ccccc56)n4)cccc3c2c1. The van der Waals surface area contributed by atoms with Gasteiger partial charge in [0.05, 0.1) is 5.56 Å². The van der Waals surface area contributed by atoms with Gasteiger partial charge in [0.1, 0.15) is 11.2 Å². The molecule has 0 aliphatic carbocycles. The van der Waals surface area contributed by atoms with E-state index in [2.05, 4.69) is 42.5 Å². The maximum absolute atomic E-state index is 6.34. The summed E-state index contributed by atoms with van der Waals surface area (Å²) in [4.78, 5) is 15.0. The highest BCUT2D eigenvalue weighted by atomic mass is 35.5. The third-order valence-corrected chi connectivity index (χ3v) is 8.47. The Kier molecular flexibility index (Phi) is 5.02. The van der Waals surface area contributed by atoms with Gasteiger partial charge in [-0.1, -0.05) is 84.4 Å². The van der Waals surface area contributed by atoms with Gasteiger partial charge in [0.15, 0.2) is 17.5 Å². The molecule has 0 saturated heterocycles. The molecular formula is C33H18ClN3OS. The van der Waals surface area contributed by atoms with E-state index in [9.17, 15) is 0 Å². The lowest BCUT2D eigenvalue weighted by molar-refractivity contribution is 0.669.